The highest BCUT2D eigenvalue weighted by atomic mass is 32.1. The average molecular weight is 369 g/mol. The van der Waals surface area contributed by atoms with E-state index in [1.54, 1.807) is 39.4 Å². The van der Waals surface area contributed by atoms with E-state index < -0.39 is 11.8 Å². The average Bonchev–Trinajstić information content (AvgIpc) is 2.45. The van der Waals surface area contributed by atoms with Crippen molar-refractivity contribution >= 4 is 41.6 Å². The van der Waals surface area contributed by atoms with Crippen molar-refractivity contribution in [2.75, 3.05) is 21.1 Å². The first-order valence-corrected chi connectivity index (χ1v) is 7.94. The van der Waals surface area contributed by atoms with E-state index in [9.17, 15) is 9.59 Å². The molecule has 0 saturated heterocycles. The lowest BCUT2D eigenvalue weighted by atomic mass is 10.2. The molecule has 0 aliphatic heterocycles. The van der Waals surface area contributed by atoms with Crippen LogP contribution in [-0.2, 0) is 9.59 Å². The second-order valence-electron chi connectivity index (χ2n) is 5.07. The third-order valence-corrected chi connectivity index (χ3v) is 3.44. The summed E-state index contributed by atoms with van der Waals surface area (Å²) in [7, 11) is 4.91. The van der Waals surface area contributed by atoms with E-state index in [0.717, 1.165) is 5.57 Å². The van der Waals surface area contributed by atoms with Crippen LogP contribution >= 0.6 is 24.8 Å². The van der Waals surface area contributed by atoms with Gasteiger partial charge in [-0.15, -0.1) is 12.6 Å². The number of carbonyl (C=O) groups excluding carboxylic acids is 2. The highest BCUT2D eigenvalue weighted by molar-refractivity contribution is 7.89. The molecule has 0 bridgehead atoms. The van der Waals surface area contributed by atoms with Crippen LogP contribution in [0, 0.1) is 0 Å². The molecule has 0 heterocycles. The number of hydrogen-bond acceptors (Lipinski definition) is 5. The number of rotatable bonds is 7. The maximum absolute atomic E-state index is 11.8. The molecule has 0 aromatic rings. The molecule has 0 aliphatic carbocycles. The van der Waals surface area contributed by atoms with E-state index in [1.807, 2.05) is 19.1 Å². The minimum absolute atomic E-state index is 0.304. The number of hydrogen-bond donors (Lipinski definition) is 3. The van der Waals surface area contributed by atoms with E-state index in [0.29, 0.717) is 9.89 Å². The summed E-state index contributed by atoms with van der Waals surface area (Å²) in [5.41, 5.74) is 5.95. The van der Waals surface area contributed by atoms with Crippen LogP contribution in [0.15, 0.2) is 47.4 Å². The summed E-state index contributed by atoms with van der Waals surface area (Å²) in [5, 5.41) is 2.82. The first-order chi connectivity index (χ1) is 11.2. The minimum atomic E-state index is -0.471. The van der Waals surface area contributed by atoms with Crippen molar-refractivity contribution in [3.05, 3.63) is 47.4 Å². The number of carbonyl (C=O) groups is 2. The predicted molar refractivity (Wildman–Crippen MR) is 105 cm³/mol. The first-order valence-electron chi connectivity index (χ1n) is 7.08. The molecule has 0 spiro atoms. The van der Waals surface area contributed by atoms with Gasteiger partial charge in [0.15, 0.2) is 0 Å². The number of thiol groups is 1. The van der Waals surface area contributed by atoms with Gasteiger partial charge in [0.05, 0.1) is 0 Å². The molecular weight excluding hydrogens is 344 g/mol. The maximum Gasteiger partial charge on any atom is 0.247 e. The van der Waals surface area contributed by atoms with Crippen molar-refractivity contribution in [2.24, 2.45) is 0 Å². The van der Waals surface area contributed by atoms with Gasteiger partial charge in [-0.25, -0.2) is 5.01 Å². The maximum atomic E-state index is 11.8. The van der Waals surface area contributed by atoms with Crippen LogP contribution in [0.5, 0.6) is 0 Å². The molecule has 24 heavy (non-hydrogen) atoms. The molecule has 6 nitrogen and oxygen atoms in total. The summed E-state index contributed by atoms with van der Waals surface area (Å²) in [6, 6.07) is 0. The van der Waals surface area contributed by atoms with Gasteiger partial charge in [0.1, 0.15) is 11.4 Å². The summed E-state index contributed by atoms with van der Waals surface area (Å²) < 4.78 is 0. The largest absolute Gasteiger partial charge is 0.289 e. The molecule has 0 rings (SSSR count). The SMILES string of the molecule is C=C\C=C/C=C(C)/C=C(\S)C(=S)N(C)NC(=O)CC(=O)NN(C)C. The van der Waals surface area contributed by atoms with Crippen molar-refractivity contribution in [3.63, 3.8) is 0 Å². The summed E-state index contributed by atoms with van der Waals surface area (Å²) in [5.74, 6) is -0.882. The van der Waals surface area contributed by atoms with Crippen LogP contribution < -0.4 is 10.9 Å². The molecule has 8 heteroatoms. The van der Waals surface area contributed by atoms with Crippen LogP contribution in [0.2, 0.25) is 0 Å². The lowest BCUT2D eigenvalue weighted by Gasteiger charge is -2.21. The number of allylic oxidation sites excluding steroid dienone is 6. The van der Waals surface area contributed by atoms with Crippen molar-refractivity contribution in [2.45, 2.75) is 13.3 Å². The zero-order valence-electron chi connectivity index (χ0n) is 14.4. The topological polar surface area (TPSA) is 64.7 Å². The van der Waals surface area contributed by atoms with E-state index in [2.05, 4.69) is 30.1 Å². The van der Waals surface area contributed by atoms with Gasteiger partial charge in [0.25, 0.3) is 0 Å². The number of nitrogens with zero attached hydrogens (tertiary/aromatic N) is 2. The third-order valence-electron chi connectivity index (χ3n) is 2.46. The van der Waals surface area contributed by atoms with Gasteiger partial charge >= 0.3 is 0 Å². The standard InChI is InChI=1S/C16H24N4O2S2/c1-6-7-8-9-12(2)10-13(23)16(24)20(5)18-15(22)11-14(21)17-19(3)4/h6-10,23H,1,11H2,2-5H3,(H,17,21)(H,18,22)/b8-7-,12-9+,13-10-. The second kappa shape index (κ2) is 11.6. The molecule has 2 N–H and O–H groups in total. The zero-order valence-corrected chi connectivity index (χ0v) is 16.1. The second-order valence-corrected chi connectivity index (χ2v) is 5.93. The van der Waals surface area contributed by atoms with E-state index in [-0.39, 0.29) is 6.42 Å². The molecule has 0 unspecified atom stereocenters. The Bertz CT molecular complexity index is 581. The lowest BCUT2D eigenvalue weighted by Crippen LogP contribution is -2.45. The van der Waals surface area contributed by atoms with Gasteiger partial charge < -0.3 is 0 Å². The fourth-order valence-electron chi connectivity index (χ4n) is 1.50. The molecular formula is C16H24N4O2S2. The third kappa shape index (κ3) is 9.98. The lowest BCUT2D eigenvalue weighted by molar-refractivity contribution is -0.132. The Labute approximate surface area is 154 Å². The molecule has 0 aromatic heterocycles. The van der Waals surface area contributed by atoms with Crippen molar-refractivity contribution in [1.29, 1.82) is 0 Å². The molecule has 0 radical (unpaired) electrons. The van der Waals surface area contributed by atoms with Crippen molar-refractivity contribution in [1.82, 2.24) is 20.9 Å². The Balaban J connectivity index is 4.67. The monoisotopic (exact) mass is 368 g/mol. The zero-order chi connectivity index (χ0) is 18.7. The van der Waals surface area contributed by atoms with Crippen molar-refractivity contribution in [3.8, 4) is 0 Å². The van der Waals surface area contributed by atoms with Crippen LogP contribution in [-0.4, -0.2) is 48.0 Å². The smallest absolute Gasteiger partial charge is 0.247 e. The number of thiocarbonyl (C=S) groups is 1. The van der Waals surface area contributed by atoms with Gasteiger partial charge in [-0.1, -0.05) is 43.1 Å². The highest BCUT2D eigenvalue weighted by Gasteiger charge is 2.14. The van der Waals surface area contributed by atoms with Gasteiger partial charge in [-0.2, -0.15) is 0 Å². The van der Waals surface area contributed by atoms with Crippen LogP contribution in [0.4, 0.5) is 0 Å². The molecule has 132 valence electrons. The fraction of sp³-hybridized carbons (Fsp3) is 0.312. The van der Waals surface area contributed by atoms with Crippen LogP contribution in [0.1, 0.15) is 13.3 Å². The molecule has 0 aromatic carbocycles. The first kappa shape index (κ1) is 22.1. The van der Waals surface area contributed by atoms with E-state index >= 15 is 0 Å². The van der Waals surface area contributed by atoms with Gasteiger partial charge in [0, 0.05) is 26.0 Å². The number of likely N-dealkylation sites (N-methyl/N-ethyl adjacent to an activating group) is 1. The summed E-state index contributed by atoms with van der Waals surface area (Å²) in [4.78, 5) is 24.2. The van der Waals surface area contributed by atoms with E-state index in [4.69, 9.17) is 12.2 Å². The Kier molecular flexibility index (Phi) is 10.7. The molecule has 0 fully saturated rings. The number of amides is 2. The number of hydrazine groups is 2. The Hall–Kier alpha value is -1.90. The van der Waals surface area contributed by atoms with E-state index in [1.165, 1.54) is 10.0 Å². The molecule has 0 saturated carbocycles. The fourth-order valence-corrected chi connectivity index (χ4v) is 1.95. The number of nitrogens with one attached hydrogen (secondary N) is 2. The predicted octanol–water partition coefficient (Wildman–Crippen LogP) is 1.76. The Morgan fingerprint density at radius 2 is 1.75 bits per heavy atom. The molecule has 2 amide bonds. The highest BCUT2D eigenvalue weighted by Crippen LogP contribution is 2.10. The van der Waals surface area contributed by atoms with Gasteiger partial charge in [0.2, 0.25) is 11.8 Å². The molecule has 0 atom stereocenters. The van der Waals surface area contributed by atoms with Crippen LogP contribution in [0.25, 0.3) is 0 Å². The summed E-state index contributed by atoms with van der Waals surface area (Å²) in [6.45, 7) is 5.49. The normalized spacial score (nSPS) is 12.2. The van der Waals surface area contributed by atoms with Gasteiger partial charge in [-0.05, 0) is 18.6 Å². The van der Waals surface area contributed by atoms with Gasteiger partial charge in [-0.3, -0.25) is 25.4 Å². The Morgan fingerprint density at radius 3 is 2.29 bits per heavy atom. The quantitative estimate of drug-likeness (QED) is 0.160. The molecule has 0 aliphatic rings. The minimum Gasteiger partial charge on any atom is -0.289 e. The van der Waals surface area contributed by atoms with Crippen LogP contribution in [0.3, 0.4) is 0 Å². The Morgan fingerprint density at radius 1 is 1.17 bits per heavy atom. The summed E-state index contributed by atoms with van der Waals surface area (Å²) >= 11 is 9.59. The van der Waals surface area contributed by atoms with Crippen molar-refractivity contribution < 1.29 is 9.59 Å². The summed E-state index contributed by atoms with van der Waals surface area (Å²) in [6.07, 6.45) is 8.68.